The van der Waals surface area contributed by atoms with Crippen LogP contribution in [0.15, 0.2) is 6.07 Å². The van der Waals surface area contributed by atoms with E-state index in [-0.39, 0.29) is 22.7 Å². The fourth-order valence-electron chi connectivity index (χ4n) is 1.22. The quantitative estimate of drug-likeness (QED) is 0.618. The minimum atomic E-state index is -2.92. The molecule has 1 heterocycles. The first-order valence-electron chi connectivity index (χ1n) is 4.41. The van der Waals surface area contributed by atoms with Crippen molar-refractivity contribution in [3.05, 3.63) is 28.6 Å². The molecular formula is C10H7ClF2N2O2. The normalized spacial score (nSPS) is 10.1. The maximum Gasteiger partial charge on any atom is 0.356 e. The summed E-state index contributed by atoms with van der Waals surface area (Å²) in [5.74, 6) is -1.17. The molecule has 0 aliphatic carbocycles. The highest BCUT2D eigenvalue weighted by atomic mass is 35.5. The van der Waals surface area contributed by atoms with Gasteiger partial charge in [0.1, 0.15) is 11.4 Å². The Bertz CT molecular complexity index is 486. The molecule has 0 amide bonds. The van der Waals surface area contributed by atoms with Crippen LogP contribution in [0.1, 0.15) is 33.7 Å². The average Bonchev–Trinajstić information content (AvgIpc) is 2.35. The number of pyridine rings is 1. The zero-order valence-corrected chi connectivity index (χ0v) is 9.46. The maximum absolute atomic E-state index is 12.7. The van der Waals surface area contributed by atoms with Gasteiger partial charge in [-0.15, -0.1) is 11.6 Å². The van der Waals surface area contributed by atoms with Crippen molar-refractivity contribution in [1.82, 2.24) is 4.98 Å². The van der Waals surface area contributed by atoms with Crippen LogP contribution in [0.3, 0.4) is 0 Å². The number of nitrogens with zero attached hydrogens (tertiary/aromatic N) is 2. The van der Waals surface area contributed by atoms with Crippen molar-refractivity contribution in [2.75, 3.05) is 7.11 Å². The number of hydrogen-bond donors (Lipinski definition) is 0. The predicted octanol–water partition coefficient (Wildman–Crippen LogP) is 2.42. The molecule has 0 spiro atoms. The van der Waals surface area contributed by atoms with Gasteiger partial charge in [0.2, 0.25) is 0 Å². The van der Waals surface area contributed by atoms with Gasteiger partial charge in [0.25, 0.3) is 6.43 Å². The Morgan fingerprint density at radius 1 is 1.71 bits per heavy atom. The average molecular weight is 261 g/mol. The van der Waals surface area contributed by atoms with Gasteiger partial charge in [0.15, 0.2) is 0 Å². The molecule has 0 radical (unpaired) electrons. The summed E-state index contributed by atoms with van der Waals surface area (Å²) in [7, 11) is 1.09. The second-order valence-electron chi connectivity index (χ2n) is 2.96. The van der Waals surface area contributed by atoms with Gasteiger partial charge >= 0.3 is 5.97 Å². The highest BCUT2D eigenvalue weighted by Crippen LogP contribution is 2.25. The smallest absolute Gasteiger partial charge is 0.356 e. The molecule has 0 unspecified atom stereocenters. The zero-order valence-electron chi connectivity index (χ0n) is 8.71. The lowest BCUT2D eigenvalue weighted by Gasteiger charge is -2.09. The van der Waals surface area contributed by atoms with Crippen molar-refractivity contribution < 1.29 is 18.3 Å². The molecule has 4 nitrogen and oxygen atoms in total. The van der Waals surface area contributed by atoms with Gasteiger partial charge in [-0.3, -0.25) is 0 Å². The third-order valence-electron chi connectivity index (χ3n) is 2.01. The number of alkyl halides is 3. The molecular weight excluding hydrogens is 254 g/mol. The van der Waals surface area contributed by atoms with Crippen molar-refractivity contribution in [1.29, 1.82) is 5.26 Å². The first kappa shape index (κ1) is 13.3. The van der Waals surface area contributed by atoms with Crippen LogP contribution < -0.4 is 0 Å². The zero-order chi connectivity index (χ0) is 13.0. The Labute approximate surface area is 101 Å². The maximum atomic E-state index is 12.7. The van der Waals surface area contributed by atoms with Crippen LogP contribution in [-0.4, -0.2) is 18.1 Å². The molecule has 7 heteroatoms. The van der Waals surface area contributed by atoms with Gasteiger partial charge in [-0.05, 0) is 6.07 Å². The van der Waals surface area contributed by atoms with Gasteiger partial charge in [0, 0.05) is 5.56 Å². The summed E-state index contributed by atoms with van der Waals surface area (Å²) in [6, 6.07) is 2.77. The summed E-state index contributed by atoms with van der Waals surface area (Å²) >= 11 is 5.49. The highest BCUT2D eigenvalue weighted by Gasteiger charge is 2.21. The van der Waals surface area contributed by atoms with E-state index in [9.17, 15) is 13.6 Å². The second-order valence-corrected chi connectivity index (χ2v) is 3.22. The molecule has 90 valence electrons. The topological polar surface area (TPSA) is 63.0 Å². The van der Waals surface area contributed by atoms with Gasteiger partial charge in [-0.2, -0.15) is 5.26 Å². The SMILES string of the molecule is COC(=O)c1cc(C#N)c(CCl)c(C(F)F)n1. The lowest BCUT2D eigenvalue weighted by Crippen LogP contribution is -2.10. The summed E-state index contributed by atoms with van der Waals surface area (Å²) < 4.78 is 29.7. The van der Waals surface area contributed by atoms with E-state index in [2.05, 4.69) is 9.72 Å². The number of carbonyl (C=O) groups excluding carboxylic acids is 1. The number of ether oxygens (including phenoxy) is 1. The van der Waals surface area contributed by atoms with E-state index in [1.54, 1.807) is 6.07 Å². The summed E-state index contributed by atoms with van der Waals surface area (Å²) in [6.45, 7) is 0. The molecule has 0 bridgehead atoms. The first-order chi connectivity index (χ1) is 8.04. The minimum Gasteiger partial charge on any atom is -0.464 e. The molecule has 1 aromatic rings. The van der Waals surface area contributed by atoms with Crippen molar-refractivity contribution in [2.45, 2.75) is 12.3 Å². The monoisotopic (exact) mass is 260 g/mol. The molecule has 0 fully saturated rings. The van der Waals surface area contributed by atoms with E-state index < -0.39 is 18.1 Å². The number of hydrogen-bond acceptors (Lipinski definition) is 4. The number of rotatable bonds is 3. The minimum absolute atomic E-state index is 0.0724. The third kappa shape index (κ3) is 2.68. The number of carbonyl (C=O) groups is 1. The van der Waals surface area contributed by atoms with Crippen LogP contribution in [0, 0.1) is 11.3 Å². The van der Waals surface area contributed by atoms with Crippen molar-refractivity contribution in [3.63, 3.8) is 0 Å². The van der Waals surface area contributed by atoms with Crippen LogP contribution >= 0.6 is 11.6 Å². The largest absolute Gasteiger partial charge is 0.464 e. The second kappa shape index (κ2) is 5.55. The number of methoxy groups -OCH3 is 1. The van der Waals surface area contributed by atoms with Crippen LogP contribution in [0.2, 0.25) is 0 Å². The van der Waals surface area contributed by atoms with Crippen LogP contribution in [-0.2, 0) is 10.6 Å². The molecule has 0 atom stereocenters. The molecule has 17 heavy (non-hydrogen) atoms. The number of nitriles is 1. The van der Waals surface area contributed by atoms with Crippen molar-refractivity contribution in [3.8, 4) is 6.07 Å². The Morgan fingerprint density at radius 2 is 2.35 bits per heavy atom. The molecule has 0 saturated carbocycles. The lowest BCUT2D eigenvalue weighted by atomic mass is 10.1. The lowest BCUT2D eigenvalue weighted by molar-refractivity contribution is 0.0592. The Kier molecular flexibility index (Phi) is 4.35. The van der Waals surface area contributed by atoms with Crippen molar-refractivity contribution >= 4 is 17.6 Å². The first-order valence-corrected chi connectivity index (χ1v) is 4.95. The summed E-state index contributed by atoms with van der Waals surface area (Å²) in [6.07, 6.45) is -2.92. The summed E-state index contributed by atoms with van der Waals surface area (Å²) in [4.78, 5) is 14.6. The van der Waals surface area contributed by atoms with E-state index in [1.165, 1.54) is 0 Å². The summed E-state index contributed by atoms with van der Waals surface area (Å²) in [5.41, 5.74) is -1.19. The Balaban J connectivity index is 3.47. The Morgan fingerprint density at radius 3 is 2.76 bits per heavy atom. The molecule has 1 rings (SSSR count). The number of halogens is 3. The molecule has 0 aliphatic rings. The number of aromatic nitrogens is 1. The fraction of sp³-hybridized carbons (Fsp3) is 0.300. The molecule has 1 aromatic heterocycles. The molecule has 0 aromatic carbocycles. The van der Waals surface area contributed by atoms with Crippen LogP contribution in [0.4, 0.5) is 8.78 Å². The van der Waals surface area contributed by atoms with Gasteiger partial charge in [0.05, 0.1) is 24.6 Å². The van der Waals surface area contributed by atoms with E-state index >= 15 is 0 Å². The van der Waals surface area contributed by atoms with E-state index in [4.69, 9.17) is 16.9 Å². The molecule has 0 aliphatic heterocycles. The standard InChI is InChI=1S/C10H7ClF2N2O2/c1-17-10(16)7-2-5(4-14)6(3-11)8(15-7)9(12)13/h2,9H,3H2,1H3. The third-order valence-corrected chi connectivity index (χ3v) is 2.28. The van der Waals surface area contributed by atoms with Crippen LogP contribution in [0.5, 0.6) is 0 Å². The van der Waals surface area contributed by atoms with Crippen molar-refractivity contribution in [2.24, 2.45) is 0 Å². The van der Waals surface area contributed by atoms with Gasteiger partial charge in [-0.1, -0.05) is 0 Å². The molecule has 0 saturated heterocycles. The van der Waals surface area contributed by atoms with Gasteiger partial charge in [-0.25, -0.2) is 18.6 Å². The van der Waals surface area contributed by atoms with Gasteiger partial charge < -0.3 is 4.74 Å². The molecule has 0 N–H and O–H groups in total. The predicted molar refractivity (Wildman–Crippen MR) is 54.8 cm³/mol. The Hall–Kier alpha value is -1.74. The number of esters is 1. The highest BCUT2D eigenvalue weighted by molar-refractivity contribution is 6.17. The van der Waals surface area contributed by atoms with E-state index in [0.717, 1.165) is 13.2 Å². The summed E-state index contributed by atoms with van der Waals surface area (Å²) in [5, 5.41) is 8.80. The van der Waals surface area contributed by atoms with E-state index in [1.807, 2.05) is 0 Å². The fourth-order valence-corrected chi connectivity index (χ4v) is 1.50. The van der Waals surface area contributed by atoms with Crippen LogP contribution in [0.25, 0.3) is 0 Å². The van der Waals surface area contributed by atoms with E-state index in [0.29, 0.717) is 0 Å².